The van der Waals surface area contributed by atoms with Gasteiger partial charge < -0.3 is 15.6 Å². The molecule has 0 atom stereocenters. The molecule has 22 heavy (non-hydrogen) atoms. The van der Waals surface area contributed by atoms with E-state index in [1.165, 1.54) is 22.0 Å². The standard InChI is InChI=1S/C18H28N4/c1-5-19-18(22-11-13(2)3)20-10-9-15-12-21-16-8-6-7-14(4)17(15)16/h6-8,12-13,21H,5,9-11H2,1-4H3,(H2,19,20,22). The average molecular weight is 300 g/mol. The molecule has 1 aromatic heterocycles. The van der Waals surface area contributed by atoms with Gasteiger partial charge in [-0.3, -0.25) is 4.99 Å². The molecule has 0 aliphatic rings. The zero-order valence-corrected chi connectivity index (χ0v) is 14.2. The van der Waals surface area contributed by atoms with Crippen LogP contribution in [0.2, 0.25) is 0 Å². The molecule has 0 spiro atoms. The van der Waals surface area contributed by atoms with Gasteiger partial charge in [0.2, 0.25) is 0 Å². The highest BCUT2D eigenvalue weighted by Crippen LogP contribution is 2.22. The summed E-state index contributed by atoms with van der Waals surface area (Å²) in [5.74, 6) is 1.49. The lowest BCUT2D eigenvalue weighted by molar-refractivity contribution is 0.656. The monoisotopic (exact) mass is 300 g/mol. The first-order valence-electron chi connectivity index (χ1n) is 8.19. The van der Waals surface area contributed by atoms with Crippen molar-refractivity contribution in [3.63, 3.8) is 0 Å². The second-order valence-electron chi connectivity index (χ2n) is 6.10. The molecule has 1 heterocycles. The van der Waals surface area contributed by atoms with Crippen molar-refractivity contribution >= 4 is 16.9 Å². The Kier molecular flexibility index (Phi) is 5.87. The summed E-state index contributed by atoms with van der Waals surface area (Å²) in [6.07, 6.45) is 3.11. The third-order valence-electron chi connectivity index (χ3n) is 3.64. The Morgan fingerprint density at radius 1 is 1.27 bits per heavy atom. The highest BCUT2D eigenvalue weighted by Gasteiger charge is 2.06. The van der Waals surface area contributed by atoms with Crippen LogP contribution in [-0.4, -0.2) is 30.6 Å². The zero-order valence-electron chi connectivity index (χ0n) is 14.2. The molecule has 4 heteroatoms. The van der Waals surface area contributed by atoms with Crippen LogP contribution in [0.25, 0.3) is 10.9 Å². The first-order chi connectivity index (χ1) is 10.6. The van der Waals surface area contributed by atoms with E-state index in [2.05, 4.69) is 72.7 Å². The molecule has 0 bridgehead atoms. The molecule has 0 aliphatic heterocycles. The summed E-state index contributed by atoms with van der Waals surface area (Å²) >= 11 is 0. The predicted molar refractivity (Wildman–Crippen MR) is 95.6 cm³/mol. The molecule has 4 nitrogen and oxygen atoms in total. The van der Waals surface area contributed by atoms with Crippen LogP contribution in [0.4, 0.5) is 0 Å². The number of nitrogens with one attached hydrogen (secondary N) is 3. The van der Waals surface area contributed by atoms with E-state index in [0.29, 0.717) is 5.92 Å². The van der Waals surface area contributed by atoms with Gasteiger partial charge in [0, 0.05) is 36.7 Å². The van der Waals surface area contributed by atoms with Gasteiger partial charge in [0.25, 0.3) is 0 Å². The first-order valence-corrected chi connectivity index (χ1v) is 8.19. The summed E-state index contributed by atoms with van der Waals surface area (Å²) in [5.41, 5.74) is 3.91. The summed E-state index contributed by atoms with van der Waals surface area (Å²) < 4.78 is 0. The van der Waals surface area contributed by atoms with Crippen LogP contribution in [0.5, 0.6) is 0 Å². The SMILES string of the molecule is CCNC(=NCC(C)C)NCCc1c[nH]c2cccc(C)c12. The van der Waals surface area contributed by atoms with Crippen molar-refractivity contribution in [2.24, 2.45) is 10.9 Å². The van der Waals surface area contributed by atoms with Gasteiger partial charge in [-0.2, -0.15) is 0 Å². The van der Waals surface area contributed by atoms with Crippen LogP contribution >= 0.6 is 0 Å². The third kappa shape index (κ3) is 4.26. The minimum Gasteiger partial charge on any atom is -0.361 e. The van der Waals surface area contributed by atoms with E-state index in [1.54, 1.807) is 0 Å². The Morgan fingerprint density at radius 3 is 2.82 bits per heavy atom. The van der Waals surface area contributed by atoms with E-state index in [4.69, 9.17) is 0 Å². The van der Waals surface area contributed by atoms with Crippen LogP contribution in [0, 0.1) is 12.8 Å². The van der Waals surface area contributed by atoms with Crippen molar-refractivity contribution in [2.75, 3.05) is 19.6 Å². The number of benzene rings is 1. The first kappa shape index (κ1) is 16.4. The molecule has 1 aromatic carbocycles. The maximum Gasteiger partial charge on any atom is 0.191 e. The molecule has 0 unspecified atom stereocenters. The summed E-state index contributed by atoms with van der Waals surface area (Å²) in [4.78, 5) is 7.96. The Bertz CT molecular complexity index is 625. The maximum absolute atomic E-state index is 4.60. The zero-order chi connectivity index (χ0) is 15.9. The fourth-order valence-corrected chi connectivity index (χ4v) is 2.58. The third-order valence-corrected chi connectivity index (χ3v) is 3.64. The summed E-state index contributed by atoms with van der Waals surface area (Å²) in [5, 5.41) is 8.08. The van der Waals surface area contributed by atoms with Gasteiger partial charge in [-0.05, 0) is 43.4 Å². The van der Waals surface area contributed by atoms with Crippen molar-refractivity contribution in [2.45, 2.75) is 34.1 Å². The number of guanidine groups is 1. The summed E-state index contributed by atoms with van der Waals surface area (Å²) in [6, 6.07) is 6.40. The van der Waals surface area contributed by atoms with Crippen molar-refractivity contribution in [1.29, 1.82) is 0 Å². The molecule has 0 saturated carbocycles. The predicted octanol–water partition coefficient (Wildman–Crippen LogP) is 3.23. The van der Waals surface area contributed by atoms with Crippen LogP contribution in [0.15, 0.2) is 29.4 Å². The van der Waals surface area contributed by atoms with Crippen LogP contribution < -0.4 is 10.6 Å². The Morgan fingerprint density at radius 2 is 2.09 bits per heavy atom. The average Bonchev–Trinajstić information content (AvgIpc) is 2.89. The minimum atomic E-state index is 0.576. The molecule has 0 fully saturated rings. The molecule has 3 N–H and O–H groups in total. The second kappa shape index (κ2) is 7.87. The quantitative estimate of drug-likeness (QED) is 0.567. The molecule has 0 radical (unpaired) electrons. The van der Waals surface area contributed by atoms with E-state index in [1.807, 2.05) is 0 Å². The number of fused-ring (bicyclic) bond motifs is 1. The number of hydrogen-bond donors (Lipinski definition) is 3. The van der Waals surface area contributed by atoms with Gasteiger partial charge in [-0.25, -0.2) is 0 Å². The molecule has 2 aromatic rings. The van der Waals surface area contributed by atoms with E-state index >= 15 is 0 Å². The van der Waals surface area contributed by atoms with Crippen molar-refractivity contribution in [3.8, 4) is 0 Å². The highest BCUT2D eigenvalue weighted by atomic mass is 15.2. The van der Waals surface area contributed by atoms with Crippen molar-refractivity contribution in [3.05, 3.63) is 35.5 Å². The fraction of sp³-hybridized carbons (Fsp3) is 0.500. The van der Waals surface area contributed by atoms with Gasteiger partial charge in [0.1, 0.15) is 0 Å². The Hall–Kier alpha value is -1.97. The second-order valence-corrected chi connectivity index (χ2v) is 6.10. The molecule has 0 saturated heterocycles. The molecule has 0 aliphatic carbocycles. The number of aromatic nitrogens is 1. The molecule has 120 valence electrons. The Labute approximate surface area is 133 Å². The van der Waals surface area contributed by atoms with Gasteiger partial charge in [-0.15, -0.1) is 0 Å². The number of aryl methyl sites for hydroxylation is 1. The van der Waals surface area contributed by atoms with Crippen LogP contribution in [0.3, 0.4) is 0 Å². The summed E-state index contributed by atoms with van der Waals surface area (Å²) in [6.45, 7) is 11.2. The normalized spacial score (nSPS) is 12.1. The van der Waals surface area contributed by atoms with E-state index in [9.17, 15) is 0 Å². The number of rotatable bonds is 6. The summed E-state index contributed by atoms with van der Waals surface area (Å²) in [7, 11) is 0. The highest BCUT2D eigenvalue weighted by molar-refractivity contribution is 5.86. The molecular formula is C18H28N4. The van der Waals surface area contributed by atoms with Gasteiger partial charge in [-0.1, -0.05) is 26.0 Å². The molecular weight excluding hydrogens is 272 g/mol. The number of aliphatic imine (C=N–C) groups is 1. The number of nitrogens with zero attached hydrogens (tertiary/aromatic N) is 1. The lowest BCUT2D eigenvalue weighted by Crippen LogP contribution is -2.38. The minimum absolute atomic E-state index is 0.576. The van der Waals surface area contributed by atoms with Gasteiger partial charge >= 0.3 is 0 Å². The Balaban J connectivity index is 1.97. The van der Waals surface area contributed by atoms with Crippen LogP contribution in [0.1, 0.15) is 31.9 Å². The fourth-order valence-electron chi connectivity index (χ4n) is 2.58. The number of H-pyrrole nitrogens is 1. The largest absolute Gasteiger partial charge is 0.361 e. The van der Waals surface area contributed by atoms with Gasteiger partial charge in [0.05, 0.1) is 0 Å². The number of hydrogen-bond acceptors (Lipinski definition) is 1. The van der Waals surface area contributed by atoms with Crippen LogP contribution in [-0.2, 0) is 6.42 Å². The maximum atomic E-state index is 4.60. The lowest BCUT2D eigenvalue weighted by atomic mass is 10.1. The van der Waals surface area contributed by atoms with Crippen molar-refractivity contribution in [1.82, 2.24) is 15.6 Å². The van der Waals surface area contributed by atoms with Gasteiger partial charge in [0.15, 0.2) is 5.96 Å². The topological polar surface area (TPSA) is 52.2 Å². The van der Waals surface area contributed by atoms with E-state index < -0.39 is 0 Å². The van der Waals surface area contributed by atoms with E-state index in [0.717, 1.165) is 32.0 Å². The number of aromatic amines is 1. The molecule has 2 rings (SSSR count). The smallest absolute Gasteiger partial charge is 0.191 e. The van der Waals surface area contributed by atoms with Crippen molar-refractivity contribution < 1.29 is 0 Å². The molecule has 0 amide bonds. The lowest BCUT2D eigenvalue weighted by Gasteiger charge is -2.12. The van der Waals surface area contributed by atoms with E-state index in [-0.39, 0.29) is 0 Å².